The zero-order valence-corrected chi connectivity index (χ0v) is 14.8. The number of aryl methyl sites for hydroxylation is 1. The predicted octanol–water partition coefficient (Wildman–Crippen LogP) is 2.65. The van der Waals surface area contributed by atoms with E-state index in [-0.39, 0.29) is 18.4 Å². The summed E-state index contributed by atoms with van der Waals surface area (Å²) in [6.07, 6.45) is 2.47. The van der Waals surface area contributed by atoms with Crippen molar-refractivity contribution in [3.8, 4) is 11.4 Å². The molecule has 3 heterocycles. The molecule has 1 unspecified atom stereocenters. The molecular formula is C17H16N6O2S. The van der Waals surface area contributed by atoms with Crippen LogP contribution in [0.5, 0.6) is 0 Å². The van der Waals surface area contributed by atoms with E-state index in [9.17, 15) is 4.79 Å². The zero-order chi connectivity index (χ0) is 17.9. The maximum Gasteiger partial charge on any atom is 0.227 e. The number of hydrogen-bond donors (Lipinski definition) is 1. The Morgan fingerprint density at radius 2 is 2.15 bits per heavy atom. The number of benzene rings is 1. The van der Waals surface area contributed by atoms with Crippen LogP contribution in [0.25, 0.3) is 16.3 Å². The number of nitrogens with zero attached hydrogens (tertiary/aromatic N) is 5. The smallest absolute Gasteiger partial charge is 0.227 e. The van der Waals surface area contributed by atoms with Crippen LogP contribution in [0.4, 0.5) is 0 Å². The number of aromatic nitrogens is 5. The van der Waals surface area contributed by atoms with Gasteiger partial charge in [-0.25, -0.2) is 9.50 Å². The van der Waals surface area contributed by atoms with E-state index in [0.717, 1.165) is 16.2 Å². The number of nitrogens with one attached hydrogen (secondary N) is 1. The van der Waals surface area contributed by atoms with E-state index >= 15 is 0 Å². The quantitative estimate of drug-likeness (QED) is 0.562. The van der Waals surface area contributed by atoms with Gasteiger partial charge in [0.05, 0.1) is 17.9 Å². The van der Waals surface area contributed by atoms with Gasteiger partial charge >= 0.3 is 0 Å². The van der Waals surface area contributed by atoms with E-state index in [2.05, 4.69) is 25.5 Å². The molecule has 1 amide bonds. The lowest BCUT2D eigenvalue weighted by molar-refractivity contribution is -0.121. The van der Waals surface area contributed by atoms with Crippen LogP contribution in [-0.2, 0) is 11.2 Å². The molecule has 0 bridgehead atoms. The standard InChI is InChI=1S/C17H16N6O2S/c1-11(13-9-23-17(20-13)26-10-18-23)19-14(24)7-8-15-21-16(22-25-15)12-5-3-2-4-6-12/h2-6,9-11H,7-8H2,1H3,(H,19,24). The molecule has 1 atom stereocenters. The van der Waals surface area contributed by atoms with Crippen molar-refractivity contribution in [3.63, 3.8) is 0 Å². The van der Waals surface area contributed by atoms with Crippen LogP contribution in [0.2, 0.25) is 0 Å². The molecule has 26 heavy (non-hydrogen) atoms. The van der Waals surface area contributed by atoms with Gasteiger partial charge in [-0.05, 0) is 6.92 Å². The summed E-state index contributed by atoms with van der Waals surface area (Å²) in [7, 11) is 0. The summed E-state index contributed by atoms with van der Waals surface area (Å²) in [5, 5.41) is 11.0. The van der Waals surface area contributed by atoms with Crippen LogP contribution < -0.4 is 5.32 Å². The molecule has 9 heteroatoms. The SMILES string of the molecule is CC(NC(=O)CCc1nc(-c2ccccc2)no1)c1cn2ncsc2n1. The van der Waals surface area contributed by atoms with Crippen LogP contribution in [0.15, 0.2) is 46.6 Å². The molecule has 1 N–H and O–H groups in total. The first-order valence-corrected chi connectivity index (χ1v) is 9.03. The summed E-state index contributed by atoms with van der Waals surface area (Å²) in [5.41, 5.74) is 3.39. The summed E-state index contributed by atoms with van der Waals surface area (Å²) < 4.78 is 6.93. The van der Waals surface area contributed by atoms with E-state index in [1.54, 1.807) is 10.0 Å². The van der Waals surface area contributed by atoms with Crippen LogP contribution >= 0.6 is 11.3 Å². The van der Waals surface area contributed by atoms with Gasteiger partial charge in [-0.1, -0.05) is 46.8 Å². The highest BCUT2D eigenvalue weighted by Crippen LogP contribution is 2.17. The Bertz CT molecular complexity index is 994. The average Bonchev–Trinajstić information content (AvgIpc) is 3.36. The van der Waals surface area contributed by atoms with Gasteiger partial charge in [-0.15, -0.1) is 0 Å². The fourth-order valence-corrected chi connectivity index (χ4v) is 3.14. The number of fused-ring (bicyclic) bond motifs is 1. The van der Waals surface area contributed by atoms with Crippen LogP contribution in [0.3, 0.4) is 0 Å². The maximum absolute atomic E-state index is 12.2. The van der Waals surface area contributed by atoms with Gasteiger partial charge in [-0.3, -0.25) is 4.79 Å². The summed E-state index contributed by atoms with van der Waals surface area (Å²) in [4.78, 5) is 21.8. The van der Waals surface area contributed by atoms with Gasteiger partial charge in [0.1, 0.15) is 5.51 Å². The largest absolute Gasteiger partial charge is 0.348 e. The zero-order valence-electron chi connectivity index (χ0n) is 14.0. The molecule has 0 radical (unpaired) electrons. The Morgan fingerprint density at radius 3 is 2.96 bits per heavy atom. The Balaban J connectivity index is 1.32. The molecule has 3 aromatic heterocycles. The minimum atomic E-state index is -0.195. The summed E-state index contributed by atoms with van der Waals surface area (Å²) in [6, 6.07) is 9.38. The summed E-state index contributed by atoms with van der Waals surface area (Å²) in [5.74, 6) is 0.875. The number of amides is 1. The maximum atomic E-state index is 12.2. The molecule has 0 aliphatic carbocycles. The minimum Gasteiger partial charge on any atom is -0.348 e. The minimum absolute atomic E-state index is 0.0960. The third kappa shape index (κ3) is 3.47. The normalized spacial score (nSPS) is 12.3. The first-order chi connectivity index (χ1) is 12.7. The van der Waals surface area contributed by atoms with E-state index in [4.69, 9.17) is 4.52 Å². The molecule has 4 aromatic rings. The summed E-state index contributed by atoms with van der Waals surface area (Å²) in [6.45, 7) is 1.89. The molecule has 0 fully saturated rings. The van der Waals surface area contributed by atoms with E-state index in [1.165, 1.54) is 11.3 Å². The molecule has 4 rings (SSSR count). The molecular weight excluding hydrogens is 352 g/mol. The number of rotatable bonds is 6. The molecule has 1 aromatic carbocycles. The van der Waals surface area contributed by atoms with Crippen LogP contribution in [0, 0.1) is 0 Å². The lowest BCUT2D eigenvalue weighted by atomic mass is 10.2. The fraction of sp³-hybridized carbons (Fsp3) is 0.235. The fourth-order valence-electron chi connectivity index (χ4n) is 2.53. The average molecular weight is 368 g/mol. The second-order valence-corrected chi connectivity index (χ2v) is 6.61. The highest BCUT2D eigenvalue weighted by atomic mass is 32.1. The van der Waals surface area contributed by atoms with Crippen LogP contribution in [0.1, 0.15) is 31.0 Å². The van der Waals surface area contributed by atoms with Crippen molar-refractivity contribution in [2.75, 3.05) is 0 Å². The van der Waals surface area contributed by atoms with Gasteiger partial charge < -0.3 is 9.84 Å². The molecule has 8 nitrogen and oxygen atoms in total. The van der Waals surface area contributed by atoms with Crippen molar-refractivity contribution in [3.05, 3.63) is 53.6 Å². The van der Waals surface area contributed by atoms with Crippen molar-refractivity contribution >= 4 is 22.2 Å². The van der Waals surface area contributed by atoms with Crippen molar-refractivity contribution in [2.45, 2.75) is 25.8 Å². The van der Waals surface area contributed by atoms with Gasteiger partial charge in [-0.2, -0.15) is 10.1 Å². The number of imidazole rings is 1. The van der Waals surface area contributed by atoms with Gasteiger partial charge in [0.2, 0.25) is 22.6 Å². The second kappa shape index (κ2) is 7.04. The molecule has 0 aliphatic heterocycles. The molecule has 0 saturated carbocycles. The predicted molar refractivity (Wildman–Crippen MR) is 95.5 cm³/mol. The number of hydrogen-bond acceptors (Lipinski definition) is 7. The Labute approximate surface area is 152 Å². The topological polar surface area (TPSA) is 98.2 Å². The summed E-state index contributed by atoms with van der Waals surface area (Å²) >= 11 is 1.45. The molecule has 0 saturated heterocycles. The van der Waals surface area contributed by atoms with E-state index in [1.807, 2.05) is 43.5 Å². The lowest BCUT2D eigenvalue weighted by Crippen LogP contribution is -2.27. The lowest BCUT2D eigenvalue weighted by Gasteiger charge is -2.10. The Hall–Kier alpha value is -3.07. The van der Waals surface area contributed by atoms with Gasteiger partial charge in [0.25, 0.3) is 0 Å². The first kappa shape index (κ1) is 16.4. The highest BCUT2D eigenvalue weighted by molar-refractivity contribution is 7.14. The molecule has 0 aliphatic rings. The van der Waals surface area contributed by atoms with Crippen molar-refractivity contribution in [2.24, 2.45) is 0 Å². The van der Waals surface area contributed by atoms with Crippen molar-refractivity contribution in [1.29, 1.82) is 0 Å². The third-order valence-electron chi connectivity index (χ3n) is 3.89. The van der Waals surface area contributed by atoms with Crippen molar-refractivity contribution in [1.82, 2.24) is 30.1 Å². The van der Waals surface area contributed by atoms with E-state index in [0.29, 0.717) is 18.1 Å². The van der Waals surface area contributed by atoms with E-state index < -0.39 is 0 Å². The highest BCUT2D eigenvalue weighted by Gasteiger charge is 2.15. The Morgan fingerprint density at radius 1 is 1.31 bits per heavy atom. The third-order valence-corrected chi connectivity index (χ3v) is 4.58. The molecule has 132 valence electrons. The monoisotopic (exact) mass is 368 g/mol. The van der Waals surface area contributed by atoms with Crippen molar-refractivity contribution < 1.29 is 9.32 Å². The molecule has 0 spiro atoms. The van der Waals surface area contributed by atoms with Gasteiger partial charge in [0, 0.05) is 18.4 Å². The number of carbonyl (C=O) groups is 1. The Kier molecular flexibility index (Phi) is 4.44. The first-order valence-electron chi connectivity index (χ1n) is 8.15. The van der Waals surface area contributed by atoms with Crippen LogP contribution in [-0.4, -0.2) is 30.6 Å². The second-order valence-electron chi connectivity index (χ2n) is 5.80. The van der Waals surface area contributed by atoms with Gasteiger partial charge in [0.15, 0.2) is 0 Å². The number of carbonyl (C=O) groups excluding carboxylic acids is 1.